The van der Waals surface area contributed by atoms with Crippen molar-refractivity contribution in [1.29, 1.82) is 0 Å². The molecule has 2 N–H and O–H groups in total. The summed E-state index contributed by atoms with van der Waals surface area (Å²) in [6.45, 7) is 3.11. The van der Waals surface area contributed by atoms with Gasteiger partial charge < -0.3 is 19.6 Å². The van der Waals surface area contributed by atoms with Crippen LogP contribution in [-0.4, -0.2) is 24.4 Å². The fourth-order valence-electron chi connectivity index (χ4n) is 1.80. The highest BCUT2D eigenvalue weighted by Gasteiger charge is 2.06. The molecular weight excluding hydrogens is 322 g/mol. The number of halogens is 1. The van der Waals surface area contributed by atoms with Gasteiger partial charge in [0.1, 0.15) is 12.4 Å². The smallest absolute Gasteiger partial charge is 0.129 e. The molecule has 0 bridgehead atoms. The van der Waals surface area contributed by atoms with Crippen molar-refractivity contribution in [3.05, 3.63) is 52.4 Å². The van der Waals surface area contributed by atoms with E-state index < -0.39 is 6.10 Å². The third-order valence-corrected chi connectivity index (χ3v) is 3.34. The average Bonchev–Trinajstić information content (AvgIpc) is 2.91. The molecule has 2 rings (SSSR count). The minimum absolute atomic E-state index is 0.267. The first-order valence-electron chi connectivity index (χ1n) is 6.43. The number of aliphatic hydroxyl groups is 1. The fourth-order valence-corrected chi connectivity index (χ4v) is 2.28. The van der Waals surface area contributed by atoms with E-state index in [0.717, 1.165) is 21.5 Å². The van der Waals surface area contributed by atoms with Gasteiger partial charge in [-0.15, -0.1) is 0 Å². The van der Waals surface area contributed by atoms with Crippen molar-refractivity contribution in [3.63, 3.8) is 0 Å². The number of anilines is 1. The number of aliphatic hydroxyl groups excluding tert-OH is 1. The molecule has 20 heavy (non-hydrogen) atoms. The van der Waals surface area contributed by atoms with Crippen LogP contribution in [0.5, 0.6) is 0 Å². The van der Waals surface area contributed by atoms with E-state index in [9.17, 15) is 5.11 Å². The second-order valence-corrected chi connectivity index (χ2v) is 5.50. The van der Waals surface area contributed by atoms with Crippen molar-refractivity contribution in [2.24, 2.45) is 0 Å². The molecule has 0 saturated heterocycles. The Morgan fingerprint density at radius 3 is 2.95 bits per heavy atom. The highest BCUT2D eigenvalue weighted by atomic mass is 79.9. The van der Waals surface area contributed by atoms with E-state index in [1.54, 1.807) is 6.26 Å². The summed E-state index contributed by atoms with van der Waals surface area (Å²) in [7, 11) is 0. The van der Waals surface area contributed by atoms with Crippen LogP contribution in [0.4, 0.5) is 5.69 Å². The SMILES string of the molecule is Cc1cc(Br)ccc1NCC(O)COCc1ccco1. The lowest BCUT2D eigenvalue weighted by Gasteiger charge is -2.14. The molecule has 0 saturated carbocycles. The second kappa shape index (κ2) is 7.47. The minimum Gasteiger partial charge on any atom is -0.467 e. The largest absolute Gasteiger partial charge is 0.467 e. The van der Waals surface area contributed by atoms with Crippen LogP contribution in [0.25, 0.3) is 0 Å². The monoisotopic (exact) mass is 339 g/mol. The van der Waals surface area contributed by atoms with Crippen molar-refractivity contribution in [1.82, 2.24) is 0 Å². The van der Waals surface area contributed by atoms with E-state index in [2.05, 4.69) is 21.2 Å². The Morgan fingerprint density at radius 1 is 1.40 bits per heavy atom. The van der Waals surface area contributed by atoms with Crippen molar-refractivity contribution in [2.75, 3.05) is 18.5 Å². The Morgan fingerprint density at radius 2 is 2.25 bits per heavy atom. The normalized spacial score (nSPS) is 12.3. The molecule has 1 atom stereocenters. The first kappa shape index (κ1) is 15.1. The van der Waals surface area contributed by atoms with Gasteiger partial charge in [-0.2, -0.15) is 0 Å². The Kier molecular flexibility index (Phi) is 5.64. The fraction of sp³-hybridized carbons (Fsp3) is 0.333. The Hall–Kier alpha value is -1.30. The maximum Gasteiger partial charge on any atom is 0.129 e. The quantitative estimate of drug-likeness (QED) is 0.812. The summed E-state index contributed by atoms with van der Waals surface area (Å²) < 4.78 is 11.6. The van der Waals surface area contributed by atoms with Crippen molar-refractivity contribution in [2.45, 2.75) is 19.6 Å². The van der Waals surface area contributed by atoms with Gasteiger partial charge in [-0.05, 0) is 42.8 Å². The van der Waals surface area contributed by atoms with Gasteiger partial charge in [0.25, 0.3) is 0 Å². The summed E-state index contributed by atoms with van der Waals surface area (Å²) in [6.07, 6.45) is 1.04. The molecular formula is C15H18BrNO3. The van der Waals surface area contributed by atoms with Crippen LogP contribution in [0.1, 0.15) is 11.3 Å². The van der Waals surface area contributed by atoms with Crippen LogP contribution >= 0.6 is 15.9 Å². The molecule has 2 aromatic rings. The lowest BCUT2D eigenvalue weighted by Crippen LogP contribution is -2.25. The van der Waals surface area contributed by atoms with Gasteiger partial charge in [-0.1, -0.05) is 15.9 Å². The average molecular weight is 340 g/mol. The Labute approximate surface area is 126 Å². The Bertz CT molecular complexity index is 528. The molecule has 5 heteroatoms. The standard InChI is InChI=1S/C15H18BrNO3/c1-11-7-12(16)4-5-15(11)17-8-13(18)9-19-10-14-3-2-6-20-14/h2-7,13,17-18H,8-10H2,1H3. The maximum atomic E-state index is 9.86. The summed E-state index contributed by atoms with van der Waals surface area (Å²) in [4.78, 5) is 0. The molecule has 4 nitrogen and oxygen atoms in total. The Balaban J connectivity index is 1.70. The molecule has 1 unspecified atom stereocenters. The molecule has 0 aliphatic rings. The molecule has 1 aromatic carbocycles. The predicted octanol–water partition coefficient (Wildman–Crippen LogP) is 3.34. The van der Waals surface area contributed by atoms with Gasteiger partial charge in [-0.3, -0.25) is 0 Å². The first-order valence-corrected chi connectivity index (χ1v) is 7.22. The predicted molar refractivity (Wildman–Crippen MR) is 81.7 cm³/mol. The maximum absolute atomic E-state index is 9.86. The summed E-state index contributed by atoms with van der Waals surface area (Å²) in [5.74, 6) is 0.758. The van der Waals surface area contributed by atoms with E-state index in [4.69, 9.17) is 9.15 Å². The molecule has 108 valence electrons. The van der Waals surface area contributed by atoms with Crippen LogP contribution in [0, 0.1) is 6.92 Å². The zero-order chi connectivity index (χ0) is 14.4. The summed E-state index contributed by atoms with van der Waals surface area (Å²) in [6, 6.07) is 9.63. The number of ether oxygens (including phenoxy) is 1. The molecule has 0 aliphatic carbocycles. The number of rotatable bonds is 7. The highest BCUT2D eigenvalue weighted by molar-refractivity contribution is 9.10. The molecule has 0 amide bonds. The molecule has 0 radical (unpaired) electrons. The molecule has 1 heterocycles. The van der Waals surface area contributed by atoms with Gasteiger partial charge >= 0.3 is 0 Å². The summed E-state index contributed by atoms with van der Waals surface area (Å²) >= 11 is 3.42. The zero-order valence-electron chi connectivity index (χ0n) is 11.3. The topological polar surface area (TPSA) is 54.6 Å². The number of hydrogen-bond acceptors (Lipinski definition) is 4. The van der Waals surface area contributed by atoms with Crippen LogP contribution in [0.15, 0.2) is 45.5 Å². The van der Waals surface area contributed by atoms with Gasteiger partial charge in [0, 0.05) is 16.7 Å². The van der Waals surface area contributed by atoms with E-state index in [1.807, 2.05) is 37.3 Å². The van der Waals surface area contributed by atoms with E-state index in [-0.39, 0.29) is 6.61 Å². The van der Waals surface area contributed by atoms with Crippen LogP contribution in [0.3, 0.4) is 0 Å². The minimum atomic E-state index is -0.562. The van der Waals surface area contributed by atoms with Crippen LogP contribution in [-0.2, 0) is 11.3 Å². The number of furan rings is 1. The van der Waals surface area contributed by atoms with Gasteiger partial charge in [0.15, 0.2) is 0 Å². The van der Waals surface area contributed by atoms with Crippen molar-refractivity contribution in [3.8, 4) is 0 Å². The highest BCUT2D eigenvalue weighted by Crippen LogP contribution is 2.19. The van der Waals surface area contributed by atoms with E-state index in [1.165, 1.54) is 0 Å². The third-order valence-electron chi connectivity index (χ3n) is 2.85. The summed E-state index contributed by atoms with van der Waals surface area (Å²) in [5.41, 5.74) is 2.14. The van der Waals surface area contributed by atoms with Gasteiger partial charge in [0.2, 0.25) is 0 Å². The number of nitrogens with one attached hydrogen (secondary N) is 1. The molecule has 0 spiro atoms. The number of hydrogen-bond donors (Lipinski definition) is 2. The van der Waals surface area contributed by atoms with Crippen LogP contribution < -0.4 is 5.32 Å². The zero-order valence-corrected chi connectivity index (χ0v) is 12.9. The third kappa shape index (κ3) is 4.67. The summed E-state index contributed by atoms with van der Waals surface area (Å²) in [5, 5.41) is 13.1. The molecule has 1 aromatic heterocycles. The second-order valence-electron chi connectivity index (χ2n) is 4.59. The number of aryl methyl sites for hydroxylation is 1. The number of benzene rings is 1. The van der Waals surface area contributed by atoms with Crippen molar-refractivity contribution < 1.29 is 14.3 Å². The first-order chi connectivity index (χ1) is 9.65. The molecule has 0 fully saturated rings. The van der Waals surface area contributed by atoms with Gasteiger partial charge in [-0.25, -0.2) is 0 Å². The lowest BCUT2D eigenvalue weighted by atomic mass is 10.2. The van der Waals surface area contributed by atoms with Gasteiger partial charge in [0.05, 0.1) is 19.0 Å². The van der Waals surface area contributed by atoms with E-state index in [0.29, 0.717) is 13.2 Å². The molecule has 0 aliphatic heterocycles. The van der Waals surface area contributed by atoms with Crippen molar-refractivity contribution >= 4 is 21.6 Å². The van der Waals surface area contributed by atoms with Crippen LogP contribution in [0.2, 0.25) is 0 Å². The van der Waals surface area contributed by atoms with E-state index >= 15 is 0 Å². The lowest BCUT2D eigenvalue weighted by molar-refractivity contribution is 0.0282.